The summed E-state index contributed by atoms with van der Waals surface area (Å²) < 4.78 is 43.8. The third-order valence-electron chi connectivity index (χ3n) is 2.97. The van der Waals surface area contributed by atoms with Crippen LogP contribution in [0.3, 0.4) is 0 Å². The molecule has 0 aliphatic heterocycles. The smallest absolute Gasteiger partial charge is 0.242 e. The second kappa shape index (κ2) is 6.64. The average Bonchev–Trinajstić information content (AvgIpc) is 2.48. The molecule has 0 bridgehead atoms. The Morgan fingerprint density at radius 1 is 1.18 bits per heavy atom. The highest BCUT2D eigenvalue weighted by Crippen LogP contribution is 2.22. The zero-order valence-corrected chi connectivity index (χ0v) is 13.7. The lowest BCUT2D eigenvalue weighted by atomic mass is 10.2. The molecule has 0 heterocycles. The van der Waals surface area contributed by atoms with Crippen LogP contribution in [-0.2, 0) is 16.6 Å². The van der Waals surface area contributed by atoms with Gasteiger partial charge in [-0.15, -0.1) is 0 Å². The van der Waals surface area contributed by atoms with E-state index in [1.54, 1.807) is 18.2 Å². The highest BCUT2D eigenvalue weighted by Gasteiger charge is 2.17. The Balaban J connectivity index is 2.16. The second-order valence-electron chi connectivity index (χ2n) is 4.80. The minimum Gasteiger partial charge on any atom is -0.489 e. The van der Waals surface area contributed by atoms with Crippen molar-refractivity contribution in [3.8, 4) is 5.75 Å². The number of halogens is 2. The summed E-state index contributed by atoms with van der Waals surface area (Å²) in [5.41, 5.74) is 0.684. The molecule has 0 N–H and O–H groups in total. The van der Waals surface area contributed by atoms with Crippen molar-refractivity contribution in [2.24, 2.45) is 0 Å². The van der Waals surface area contributed by atoms with Crippen molar-refractivity contribution in [3.05, 3.63) is 58.9 Å². The molecule has 2 aromatic carbocycles. The Morgan fingerprint density at radius 2 is 1.91 bits per heavy atom. The first-order chi connectivity index (χ1) is 10.3. The van der Waals surface area contributed by atoms with E-state index in [9.17, 15) is 12.8 Å². The van der Waals surface area contributed by atoms with Crippen LogP contribution in [0.15, 0.2) is 47.4 Å². The number of nitrogens with zero attached hydrogens (tertiary/aromatic N) is 1. The van der Waals surface area contributed by atoms with Crippen LogP contribution in [0, 0.1) is 5.82 Å². The standard InChI is InChI=1S/C15H15ClFNO3S/c1-18(2)22(19,20)13-5-3-4-11(8-13)10-21-12-6-7-15(17)14(16)9-12/h3-9H,10H2,1-2H3. The first-order valence-electron chi connectivity index (χ1n) is 6.40. The van der Waals surface area contributed by atoms with Gasteiger partial charge >= 0.3 is 0 Å². The minimum absolute atomic E-state index is 0.0264. The van der Waals surface area contributed by atoms with Gasteiger partial charge in [0, 0.05) is 20.2 Å². The molecule has 4 nitrogen and oxygen atoms in total. The van der Waals surface area contributed by atoms with Crippen molar-refractivity contribution in [2.75, 3.05) is 14.1 Å². The van der Waals surface area contributed by atoms with Crippen molar-refractivity contribution < 1.29 is 17.5 Å². The highest BCUT2D eigenvalue weighted by atomic mass is 35.5. The van der Waals surface area contributed by atoms with Crippen LogP contribution >= 0.6 is 11.6 Å². The first kappa shape index (κ1) is 16.7. The maximum absolute atomic E-state index is 13.1. The van der Waals surface area contributed by atoms with E-state index in [1.807, 2.05) is 0 Å². The average molecular weight is 344 g/mol. The zero-order chi connectivity index (χ0) is 16.3. The van der Waals surface area contributed by atoms with Crippen molar-refractivity contribution in [3.63, 3.8) is 0 Å². The van der Waals surface area contributed by atoms with Gasteiger partial charge in [0.05, 0.1) is 9.92 Å². The molecule has 0 spiro atoms. The lowest BCUT2D eigenvalue weighted by molar-refractivity contribution is 0.305. The Morgan fingerprint density at radius 3 is 2.55 bits per heavy atom. The van der Waals surface area contributed by atoms with Crippen molar-refractivity contribution in [2.45, 2.75) is 11.5 Å². The monoisotopic (exact) mass is 343 g/mol. The molecule has 0 amide bonds. The number of hydrogen-bond donors (Lipinski definition) is 0. The van der Waals surface area contributed by atoms with Gasteiger partial charge in [0.25, 0.3) is 0 Å². The fourth-order valence-electron chi connectivity index (χ4n) is 1.74. The van der Waals surface area contributed by atoms with Gasteiger partial charge in [-0.25, -0.2) is 17.1 Å². The quantitative estimate of drug-likeness (QED) is 0.836. The SMILES string of the molecule is CN(C)S(=O)(=O)c1cccc(COc2ccc(F)c(Cl)c2)c1. The van der Waals surface area contributed by atoms with E-state index in [1.165, 1.54) is 38.4 Å². The fourth-order valence-corrected chi connectivity index (χ4v) is 2.88. The van der Waals surface area contributed by atoms with Crippen LogP contribution in [0.2, 0.25) is 5.02 Å². The Labute approximate surface area is 134 Å². The van der Waals surface area contributed by atoms with Gasteiger partial charge in [-0.2, -0.15) is 0 Å². The van der Waals surface area contributed by atoms with Gasteiger partial charge < -0.3 is 4.74 Å². The summed E-state index contributed by atoms with van der Waals surface area (Å²) in [4.78, 5) is 0.190. The van der Waals surface area contributed by atoms with Gasteiger partial charge in [0.2, 0.25) is 10.0 Å². The molecule has 2 rings (SSSR count). The fraction of sp³-hybridized carbons (Fsp3) is 0.200. The van der Waals surface area contributed by atoms with Gasteiger partial charge in [0.15, 0.2) is 0 Å². The molecule has 7 heteroatoms. The molecule has 2 aromatic rings. The molecule has 0 atom stereocenters. The number of ether oxygens (including phenoxy) is 1. The summed E-state index contributed by atoms with van der Waals surface area (Å²) >= 11 is 5.68. The van der Waals surface area contributed by atoms with Crippen LogP contribution in [0.1, 0.15) is 5.56 Å². The lowest BCUT2D eigenvalue weighted by Gasteiger charge is -2.12. The topological polar surface area (TPSA) is 46.6 Å². The molecular weight excluding hydrogens is 329 g/mol. The van der Waals surface area contributed by atoms with Gasteiger partial charge in [-0.1, -0.05) is 23.7 Å². The molecule has 0 fully saturated rings. The van der Waals surface area contributed by atoms with Gasteiger partial charge in [0.1, 0.15) is 18.2 Å². The van der Waals surface area contributed by atoms with E-state index in [4.69, 9.17) is 16.3 Å². The van der Waals surface area contributed by atoms with Crippen molar-refractivity contribution in [1.29, 1.82) is 0 Å². The molecule has 0 aliphatic carbocycles. The van der Waals surface area contributed by atoms with Crippen LogP contribution in [0.25, 0.3) is 0 Å². The van der Waals surface area contributed by atoms with Crippen LogP contribution in [-0.4, -0.2) is 26.8 Å². The maximum Gasteiger partial charge on any atom is 0.242 e. The van der Waals surface area contributed by atoms with Crippen LogP contribution < -0.4 is 4.74 Å². The maximum atomic E-state index is 13.1. The first-order valence-corrected chi connectivity index (χ1v) is 8.22. The van der Waals surface area contributed by atoms with Crippen molar-refractivity contribution in [1.82, 2.24) is 4.31 Å². The van der Waals surface area contributed by atoms with Crippen molar-refractivity contribution >= 4 is 21.6 Å². The van der Waals surface area contributed by atoms with Gasteiger partial charge in [-0.3, -0.25) is 0 Å². The van der Waals surface area contributed by atoms with E-state index >= 15 is 0 Å². The van der Waals surface area contributed by atoms with Crippen LogP contribution in [0.5, 0.6) is 5.75 Å². The largest absolute Gasteiger partial charge is 0.489 e. The molecule has 0 aromatic heterocycles. The van der Waals surface area contributed by atoms with E-state index in [0.717, 1.165) is 4.31 Å². The molecule has 118 valence electrons. The molecule has 0 saturated carbocycles. The highest BCUT2D eigenvalue weighted by molar-refractivity contribution is 7.89. The molecule has 0 radical (unpaired) electrons. The predicted molar refractivity (Wildman–Crippen MR) is 83.1 cm³/mol. The Hall–Kier alpha value is -1.63. The Bertz CT molecular complexity index is 778. The number of hydrogen-bond acceptors (Lipinski definition) is 3. The predicted octanol–water partition coefficient (Wildman–Crippen LogP) is 3.31. The van der Waals surface area contributed by atoms with E-state index < -0.39 is 15.8 Å². The molecule has 0 aliphatic rings. The van der Waals surface area contributed by atoms with Gasteiger partial charge in [-0.05, 0) is 29.8 Å². The number of benzene rings is 2. The Kier molecular flexibility index (Phi) is 5.05. The summed E-state index contributed by atoms with van der Waals surface area (Å²) in [7, 11) is -0.545. The molecule has 22 heavy (non-hydrogen) atoms. The van der Waals surface area contributed by atoms with E-state index in [0.29, 0.717) is 11.3 Å². The second-order valence-corrected chi connectivity index (χ2v) is 7.36. The summed E-state index contributed by atoms with van der Waals surface area (Å²) in [5.74, 6) is -0.111. The molecule has 0 unspecified atom stereocenters. The summed E-state index contributed by atoms with van der Waals surface area (Å²) in [5, 5.41) is -0.0264. The van der Waals surface area contributed by atoms with E-state index in [2.05, 4.69) is 0 Å². The summed E-state index contributed by atoms with van der Waals surface area (Å²) in [6.07, 6.45) is 0. The van der Waals surface area contributed by atoms with E-state index in [-0.39, 0.29) is 16.5 Å². The lowest BCUT2D eigenvalue weighted by Crippen LogP contribution is -2.22. The summed E-state index contributed by atoms with van der Waals surface area (Å²) in [6, 6.07) is 10.5. The number of sulfonamides is 1. The number of rotatable bonds is 5. The third kappa shape index (κ3) is 3.76. The molecular formula is C15H15ClFNO3S. The molecule has 0 saturated heterocycles. The third-order valence-corrected chi connectivity index (χ3v) is 5.07. The minimum atomic E-state index is -3.49. The normalized spacial score (nSPS) is 11.7. The van der Waals surface area contributed by atoms with Crippen LogP contribution in [0.4, 0.5) is 4.39 Å². The summed E-state index contributed by atoms with van der Waals surface area (Å²) in [6.45, 7) is 0.152. The zero-order valence-electron chi connectivity index (χ0n) is 12.1.